The summed E-state index contributed by atoms with van der Waals surface area (Å²) >= 11 is 0. The average Bonchev–Trinajstić information content (AvgIpc) is 1.52. The van der Waals surface area contributed by atoms with Crippen LogP contribution in [0.3, 0.4) is 0 Å². The number of aliphatic hydroxyl groups is 4. The number of hydrogen-bond acceptors (Lipinski definition) is 16. The number of pyridine rings is 4. The monoisotopic (exact) mass is 2330 g/mol. The van der Waals surface area contributed by atoms with Gasteiger partial charge in [0.05, 0.1) is 64.0 Å². The van der Waals surface area contributed by atoms with Gasteiger partial charge in [-0.25, -0.2) is 0 Å². The number of imidazole rings is 1. The zero-order valence-electron chi connectivity index (χ0n) is 67.4. The first-order valence-corrected chi connectivity index (χ1v) is 37.8. The van der Waals surface area contributed by atoms with Gasteiger partial charge in [0.2, 0.25) is 5.56 Å². The Balaban J connectivity index is 0.000000182. The molecular weight excluding hydrogens is 2240 g/mol. The zero-order chi connectivity index (χ0) is 83.4. The minimum absolute atomic E-state index is 0. The first kappa shape index (κ1) is 94.8. The van der Waals surface area contributed by atoms with E-state index in [1.54, 1.807) is 4.40 Å². The molecular formula is C101H82Ir4N6O11-4. The second-order valence-corrected chi connectivity index (χ2v) is 27.6. The number of allylic oxidation sites excluding steroid dienone is 8. The molecule has 4 N–H and O–H groups in total. The van der Waals surface area contributed by atoms with E-state index in [2.05, 4.69) is 160 Å². The molecule has 7 heterocycles. The van der Waals surface area contributed by atoms with Gasteiger partial charge in [-0.2, -0.15) is 0 Å². The van der Waals surface area contributed by atoms with E-state index in [1.807, 2.05) is 158 Å². The number of carbonyl (C=O) groups is 4. The van der Waals surface area contributed by atoms with Crippen molar-refractivity contribution in [1.29, 1.82) is 0 Å². The molecule has 0 fully saturated rings. The molecule has 0 unspecified atom stereocenters. The van der Waals surface area contributed by atoms with Crippen LogP contribution in [0.1, 0.15) is 66.5 Å². The van der Waals surface area contributed by atoms with E-state index in [0.29, 0.717) is 18.9 Å². The van der Waals surface area contributed by atoms with Crippen molar-refractivity contribution in [3.8, 4) is 45.3 Å². The number of benzene rings is 12. The molecule has 622 valence electrons. The number of aliphatic hydroxyl groups excluding tert-OH is 4. The van der Waals surface area contributed by atoms with Crippen LogP contribution >= 0.6 is 0 Å². The minimum Gasteiger partial charge on any atom is -0.533 e. The van der Waals surface area contributed by atoms with Crippen LogP contribution in [0.2, 0.25) is 0 Å². The standard InChI is InChI=1S/C27H19N2.C20H12NO.C18H9N2O.C16H10NO.4C5H8O2.4Ir/c1-3-10-23(11-4-1)29(24-12-5-2-6-13-24)25-17-15-22(16-18-25)27-26-14-8-7-9-21(26)19-20-28-27;1-3-7-16-13(5-1)9-10-17-19-15(12-22-20(16)17)11-14-6-2-4-8-18(14)21-19;21-18-13-8-4-6-11-5-3-7-12(16(11)13)17-19-14-9-1-2-10-15(14)20(17)18;1-3-7-14-11(5-1)9-12-10-18-15-8-4-2-6-13(15)16(12)17-14;4*1-4(6)3-5(2)7;;;;/h1-15,17-20H;1-9,11H,12H2;1-6,8-10H;1-5,7-9H,10H2;4*3,6H,1-2H3;;;;/q4*-1;;;;;;;;. The van der Waals surface area contributed by atoms with Gasteiger partial charge in [0.25, 0.3) is 0 Å². The van der Waals surface area contributed by atoms with Crippen molar-refractivity contribution >= 4 is 122 Å². The van der Waals surface area contributed by atoms with Crippen LogP contribution in [0, 0.1) is 24.3 Å². The minimum atomic E-state index is -0.125. The Morgan fingerprint density at radius 2 is 0.885 bits per heavy atom. The van der Waals surface area contributed by atoms with Crippen molar-refractivity contribution in [2.24, 2.45) is 0 Å². The number of ketones is 4. The number of para-hydroxylation sites is 6. The normalized spacial score (nSPS) is 11.4. The molecule has 122 heavy (non-hydrogen) atoms. The quantitative estimate of drug-likeness (QED) is 0.0628. The number of nitrogens with zero attached hydrogens (tertiary/aromatic N) is 6. The smallest absolute Gasteiger partial charge is 0.246 e. The van der Waals surface area contributed by atoms with Crippen LogP contribution in [0.5, 0.6) is 11.5 Å². The van der Waals surface area contributed by atoms with E-state index in [4.69, 9.17) is 39.9 Å². The summed E-state index contributed by atoms with van der Waals surface area (Å²) < 4.78 is 13.5. The van der Waals surface area contributed by atoms with Crippen LogP contribution < -0.4 is 19.9 Å². The van der Waals surface area contributed by atoms with Crippen molar-refractivity contribution < 1.29 is 129 Å². The Bertz CT molecular complexity index is 6560. The Morgan fingerprint density at radius 1 is 0.402 bits per heavy atom. The Kier molecular flexibility index (Phi) is 35.1. The molecule has 21 heteroatoms. The van der Waals surface area contributed by atoms with E-state index >= 15 is 0 Å². The third kappa shape index (κ3) is 24.1. The molecule has 17 aromatic rings. The fourth-order valence-corrected chi connectivity index (χ4v) is 13.5. The number of carbonyl (C=O) groups excluding carboxylic acids is 4. The van der Waals surface area contributed by atoms with Crippen LogP contribution in [-0.2, 0) is 113 Å². The first-order chi connectivity index (χ1) is 57.1. The van der Waals surface area contributed by atoms with Gasteiger partial charge < -0.3 is 39.8 Å². The third-order valence-electron chi connectivity index (χ3n) is 18.2. The summed E-state index contributed by atoms with van der Waals surface area (Å²) in [7, 11) is 0. The maximum Gasteiger partial charge on any atom is 0.246 e. The van der Waals surface area contributed by atoms with Gasteiger partial charge in [-0.05, 0) is 165 Å². The van der Waals surface area contributed by atoms with Crippen LogP contribution in [-0.4, -0.2) is 67.9 Å². The Morgan fingerprint density at radius 3 is 1.43 bits per heavy atom. The van der Waals surface area contributed by atoms with Crippen molar-refractivity contribution in [2.45, 2.75) is 68.6 Å². The second-order valence-electron chi connectivity index (χ2n) is 27.6. The number of hydrogen-bond donors (Lipinski definition) is 4. The second kappa shape index (κ2) is 45.1. The predicted octanol–water partition coefficient (Wildman–Crippen LogP) is 23.0. The summed E-state index contributed by atoms with van der Waals surface area (Å²) in [5.41, 5.74) is 15.8. The van der Waals surface area contributed by atoms with E-state index in [0.717, 1.165) is 144 Å². The molecule has 2 aliphatic rings. The van der Waals surface area contributed by atoms with E-state index < -0.39 is 0 Å². The van der Waals surface area contributed by atoms with Crippen molar-refractivity contribution in [3.63, 3.8) is 0 Å². The van der Waals surface area contributed by atoms with Gasteiger partial charge in [-0.1, -0.05) is 196 Å². The summed E-state index contributed by atoms with van der Waals surface area (Å²) in [5, 5.41) is 44.0. The molecule has 2 aliphatic heterocycles. The van der Waals surface area contributed by atoms with Gasteiger partial charge >= 0.3 is 0 Å². The Hall–Kier alpha value is -12.6. The zero-order valence-corrected chi connectivity index (χ0v) is 77.0. The number of fused-ring (bicyclic) bond motifs is 15. The average molecular weight is 2320 g/mol. The van der Waals surface area contributed by atoms with Gasteiger partial charge in [0.15, 0.2) is 23.1 Å². The van der Waals surface area contributed by atoms with E-state index in [1.165, 1.54) is 85.1 Å². The maximum absolute atomic E-state index is 12.9. The molecule has 19 rings (SSSR count). The molecule has 5 aromatic heterocycles. The summed E-state index contributed by atoms with van der Waals surface area (Å²) in [4.78, 5) is 74.0. The molecule has 0 aliphatic carbocycles. The van der Waals surface area contributed by atoms with Crippen molar-refractivity contribution in [1.82, 2.24) is 24.3 Å². The molecule has 0 spiro atoms. The number of ether oxygens (including phenoxy) is 2. The largest absolute Gasteiger partial charge is 0.533 e. The molecule has 12 aromatic carbocycles. The number of aromatic nitrogens is 5. The molecule has 0 saturated heterocycles. The maximum atomic E-state index is 12.9. The molecule has 0 saturated carbocycles. The van der Waals surface area contributed by atoms with Crippen LogP contribution in [0.25, 0.3) is 115 Å². The van der Waals surface area contributed by atoms with E-state index in [9.17, 15) is 24.0 Å². The molecule has 0 atom stereocenters. The topological polar surface area (TPSA) is 244 Å². The fraction of sp³-hybridized carbons (Fsp3) is 0.0990. The van der Waals surface area contributed by atoms with Crippen molar-refractivity contribution in [3.05, 3.63) is 372 Å². The Labute approximate surface area is 760 Å². The van der Waals surface area contributed by atoms with Gasteiger partial charge in [0, 0.05) is 139 Å². The third-order valence-corrected chi connectivity index (χ3v) is 18.2. The SMILES string of the molecule is CC(=O)C=C(C)O.CC(=O)C=C(C)O.CC(=O)C=C(C)O.CC(=O)C=C(C)O.O=c1c2cccc3cc[c-]c(c32)c2nc3ccccc3n12.[Ir].[Ir].[Ir].[Ir].[c-]1cc(N(c2ccccc2)c2ccccc2)ccc1-c1nccc2ccccc12.[c-]1cc2ccccc2c2c1-c1nc3ccccc3cc1CO2.[c-]1cccc2c1-c1nc3ccccc3cc1CO2. The van der Waals surface area contributed by atoms with E-state index in [-0.39, 0.29) is 132 Å². The van der Waals surface area contributed by atoms with Crippen LogP contribution in [0.15, 0.2) is 331 Å². The molecule has 17 nitrogen and oxygen atoms in total. The number of rotatable bonds is 8. The first-order valence-electron chi connectivity index (χ1n) is 37.8. The van der Waals surface area contributed by atoms with Gasteiger partial charge in [-0.3, -0.25) is 43.3 Å². The predicted molar refractivity (Wildman–Crippen MR) is 471 cm³/mol. The summed E-state index contributed by atoms with van der Waals surface area (Å²) in [6, 6.07) is 105. The van der Waals surface area contributed by atoms with Gasteiger partial charge in [0.1, 0.15) is 0 Å². The van der Waals surface area contributed by atoms with Crippen LogP contribution in [0.4, 0.5) is 17.1 Å². The van der Waals surface area contributed by atoms with Gasteiger partial charge in [-0.15, -0.1) is 89.8 Å². The summed E-state index contributed by atoms with van der Waals surface area (Å²) in [6.45, 7) is 12.5. The molecule has 4 radical (unpaired) electrons. The summed E-state index contributed by atoms with van der Waals surface area (Å²) in [5.74, 6) is 1.51. The number of anilines is 3. The summed E-state index contributed by atoms with van der Waals surface area (Å²) in [6.07, 6.45) is 6.53. The molecule has 0 bridgehead atoms. The fourth-order valence-electron chi connectivity index (χ4n) is 13.5. The van der Waals surface area contributed by atoms with Crippen molar-refractivity contribution in [2.75, 3.05) is 4.90 Å². The molecule has 0 amide bonds.